The molecule has 1 unspecified atom stereocenters. The summed E-state index contributed by atoms with van der Waals surface area (Å²) in [5.74, 6) is -0.985. The SMILES string of the molecule is CC/C=C\C/C=C\C/C=C\C/C=C\C/C=C\CCCC(=O)OCC(COC(=O)CCCCCCC/C=C\CCCCCCCCC)OC(=O)CCCCCCCCC/C=C\C/C=C\C/C=C\CC. The predicted molar refractivity (Wildman–Crippen MR) is 293 cm³/mol. The van der Waals surface area contributed by atoms with Crippen molar-refractivity contribution in [3.05, 3.63) is 109 Å². The van der Waals surface area contributed by atoms with Crippen LogP contribution in [0.3, 0.4) is 0 Å². The normalized spacial score (nSPS) is 12.9. The zero-order valence-electron chi connectivity index (χ0n) is 44.1. The summed E-state index contributed by atoms with van der Waals surface area (Å²) in [6.07, 6.45) is 75.1. The van der Waals surface area contributed by atoms with Gasteiger partial charge in [-0.3, -0.25) is 14.4 Å². The summed E-state index contributed by atoms with van der Waals surface area (Å²) in [4.78, 5) is 38.1. The first-order chi connectivity index (χ1) is 33.5. The lowest BCUT2D eigenvalue weighted by Gasteiger charge is -2.18. The van der Waals surface area contributed by atoms with Gasteiger partial charge in [-0.25, -0.2) is 0 Å². The monoisotopic (exact) mass is 943 g/mol. The molecule has 0 N–H and O–H groups in total. The third-order valence-corrected chi connectivity index (χ3v) is 11.5. The van der Waals surface area contributed by atoms with Crippen LogP contribution in [-0.4, -0.2) is 37.2 Å². The third-order valence-electron chi connectivity index (χ3n) is 11.5. The fraction of sp³-hybridized carbons (Fsp3) is 0.661. The van der Waals surface area contributed by atoms with Gasteiger partial charge in [0.15, 0.2) is 6.10 Å². The molecule has 68 heavy (non-hydrogen) atoms. The van der Waals surface area contributed by atoms with Gasteiger partial charge in [-0.05, 0) is 116 Å². The molecule has 6 heteroatoms. The van der Waals surface area contributed by atoms with E-state index in [1.807, 2.05) is 0 Å². The maximum atomic E-state index is 12.8. The molecule has 0 aromatic heterocycles. The van der Waals surface area contributed by atoms with Gasteiger partial charge in [-0.2, -0.15) is 0 Å². The van der Waals surface area contributed by atoms with Gasteiger partial charge in [0.25, 0.3) is 0 Å². The first-order valence-electron chi connectivity index (χ1n) is 27.9. The molecule has 0 heterocycles. The zero-order chi connectivity index (χ0) is 49.3. The summed E-state index contributed by atoms with van der Waals surface area (Å²) in [7, 11) is 0. The third kappa shape index (κ3) is 53.0. The van der Waals surface area contributed by atoms with Crippen LogP contribution in [0.4, 0.5) is 0 Å². The maximum Gasteiger partial charge on any atom is 0.306 e. The number of ether oxygens (including phenoxy) is 3. The van der Waals surface area contributed by atoms with Crippen LogP contribution in [-0.2, 0) is 28.6 Å². The van der Waals surface area contributed by atoms with Crippen molar-refractivity contribution in [2.45, 2.75) is 252 Å². The van der Waals surface area contributed by atoms with Gasteiger partial charge < -0.3 is 14.2 Å². The topological polar surface area (TPSA) is 78.9 Å². The average molecular weight is 943 g/mol. The molecule has 0 aromatic carbocycles. The van der Waals surface area contributed by atoms with Gasteiger partial charge >= 0.3 is 17.9 Å². The Labute approximate surface area is 419 Å². The summed E-state index contributed by atoms with van der Waals surface area (Å²) in [5.41, 5.74) is 0. The van der Waals surface area contributed by atoms with Gasteiger partial charge in [0.2, 0.25) is 0 Å². The summed E-state index contributed by atoms with van der Waals surface area (Å²) in [5, 5.41) is 0. The highest BCUT2D eigenvalue weighted by atomic mass is 16.6. The molecule has 0 radical (unpaired) electrons. The number of hydrogen-bond donors (Lipinski definition) is 0. The minimum atomic E-state index is -0.812. The van der Waals surface area contributed by atoms with Crippen molar-refractivity contribution in [1.82, 2.24) is 0 Å². The molecule has 386 valence electrons. The molecule has 0 spiro atoms. The van der Waals surface area contributed by atoms with Crippen LogP contribution < -0.4 is 0 Å². The lowest BCUT2D eigenvalue weighted by atomic mass is 10.1. The molecule has 0 rings (SSSR count). The van der Waals surface area contributed by atoms with Gasteiger partial charge in [-0.1, -0.05) is 220 Å². The first-order valence-corrected chi connectivity index (χ1v) is 27.9. The molecule has 0 amide bonds. The van der Waals surface area contributed by atoms with E-state index < -0.39 is 6.10 Å². The molecule has 0 bridgehead atoms. The van der Waals surface area contributed by atoms with Gasteiger partial charge in [-0.15, -0.1) is 0 Å². The molecular formula is C62H102O6. The molecule has 0 saturated carbocycles. The molecule has 0 aliphatic heterocycles. The van der Waals surface area contributed by atoms with Crippen LogP contribution in [0, 0.1) is 0 Å². The van der Waals surface area contributed by atoms with E-state index in [2.05, 4.69) is 130 Å². The minimum Gasteiger partial charge on any atom is -0.462 e. The number of hydrogen-bond acceptors (Lipinski definition) is 6. The average Bonchev–Trinajstić information content (AvgIpc) is 3.34. The second kappa shape index (κ2) is 55.7. The van der Waals surface area contributed by atoms with Gasteiger partial charge in [0.1, 0.15) is 13.2 Å². The largest absolute Gasteiger partial charge is 0.462 e. The van der Waals surface area contributed by atoms with Gasteiger partial charge in [0, 0.05) is 19.3 Å². The molecule has 0 aromatic rings. The Morgan fingerprint density at radius 3 is 0.971 bits per heavy atom. The summed E-state index contributed by atoms with van der Waals surface area (Å²) >= 11 is 0. The van der Waals surface area contributed by atoms with Crippen molar-refractivity contribution in [3.63, 3.8) is 0 Å². The maximum absolute atomic E-state index is 12.8. The number of unbranched alkanes of at least 4 members (excludes halogenated alkanes) is 20. The van der Waals surface area contributed by atoms with E-state index in [-0.39, 0.29) is 37.5 Å². The van der Waals surface area contributed by atoms with Crippen molar-refractivity contribution >= 4 is 17.9 Å². The number of esters is 3. The summed E-state index contributed by atoms with van der Waals surface area (Å²) < 4.78 is 16.8. The lowest BCUT2D eigenvalue weighted by molar-refractivity contribution is -0.167. The van der Waals surface area contributed by atoms with E-state index in [4.69, 9.17) is 14.2 Å². The van der Waals surface area contributed by atoms with E-state index in [1.54, 1.807) is 0 Å². The van der Waals surface area contributed by atoms with E-state index >= 15 is 0 Å². The quantitative estimate of drug-likeness (QED) is 0.0262. The number of rotatable bonds is 49. The van der Waals surface area contributed by atoms with Crippen molar-refractivity contribution in [1.29, 1.82) is 0 Å². The van der Waals surface area contributed by atoms with Crippen LogP contribution >= 0.6 is 0 Å². The molecule has 6 nitrogen and oxygen atoms in total. The second-order valence-corrected chi connectivity index (χ2v) is 18.1. The van der Waals surface area contributed by atoms with Crippen LogP contribution in [0.25, 0.3) is 0 Å². The fourth-order valence-electron chi connectivity index (χ4n) is 7.37. The van der Waals surface area contributed by atoms with Crippen molar-refractivity contribution in [3.8, 4) is 0 Å². The summed E-state index contributed by atoms with van der Waals surface area (Å²) in [6, 6.07) is 0. The van der Waals surface area contributed by atoms with E-state index in [9.17, 15) is 14.4 Å². The van der Waals surface area contributed by atoms with Crippen LogP contribution in [0.2, 0.25) is 0 Å². The van der Waals surface area contributed by atoms with Crippen LogP contribution in [0.1, 0.15) is 245 Å². The Balaban J connectivity index is 4.51. The number of allylic oxidation sites excluding steroid dienone is 18. The molecule has 0 aliphatic rings. The Morgan fingerprint density at radius 1 is 0.309 bits per heavy atom. The minimum absolute atomic E-state index is 0.106. The molecule has 0 fully saturated rings. The molecule has 0 aliphatic carbocycles. The highest BCUT2D eigenvalue weighted by Crippen LogP contribution is 2.14. The molecule has 1 atom stereocenters. The Hall–Kier alpha value is -3.93. The predicted octanol–water partition coefficient (Wildman–Crippen LogP) is 18.7. The number of carbonyl (C=O) groups excluding carboxylic acids is 3. The van der Waals surface area contributed by atoms with E-state index in [1.165, 1.54) is 83.5 Å². The lowest BCUT2D eigenvalue weighted by Crippen LogP contribution is -2.30. The Kier molecular flexibility index (Phi) is 52.4. The Morgan fingerprint density at radius 2 is 0.588 bits per heavy atom. The highest BCUT2D eigenvalue weighted by molar-refractivity contribution is 5.71. The fourth-order valence-corrected chi connectivity index (χ4v) is 7.37. The van der Waals surface area contributed by atoms with E-state index in [0.29, 0.717) is 19.3 Å². The molecule has 0 saturated heterocycles. The zero-order valence-corrected chi connectivity index (χ0v) is 44.1. The van der Waals surface area contributed by atoms with Crippen molar-refractivity contribution in [2.75, 3.05) is 13.2 Å². The molecular weight excluding hydrogens is 841 g/mol. The smallest absolute Gasteiger partial charge is 0.306 e. The summed E-state index contributed by atoms with van der Waals surface area (Å²) in [6.45, 7) is 6.35. The second-order valence-electron chi connectivity index (χ2n) is 18.1. The van der Waals surface area contributed by atoms with Crippen molar-refractivity contribution < 1.29 is 28.6 Å². The van der Waals surface area contributed by atoms with Crippen LogP contribution in [0.5, 0.6) is 0 Å². The standard InChI is InChI=1S/C62H102O6/c1-4-7-10-13-16-19-22-25-28-31-34-37-40-43-46-49-52-55-61(64)67-58-59(57-66-60(63)54-51-48-45-42-39-36-33-30-27-24-21-18-15-12-9-6-3)68-62(65)56-53-50-47-44-41-38-35-32-29-26-23-20-17-14-11-8-5-2/h7-8,10-11,16-17,19-20,25-26,28-30,33-34,37,43,46,59H,4-6,9,12-15,18,21-24,27,31-32,35-36,38-42,44-45,47-58H2,1-3H3/b10-7-,11-8-,19-16-,20-17-,28-25-,29-26-,33-30-,37-34-,46-43-. The van der Waals surface area contributed by atoms with Crippen molar-refractivity contribution in [2.24, 2.45) is 0 Å². The van der Waals surface area contributed by atoms with E-state index in [0.717, 1.165) is 116 Å². The Bertz CT molecular complexity index is 1410. The highest BCUT2D eigenvalue weighted by Gasteiger charge is 2.19. The first kappa shape index (κ1) is 64.1. The van der Waals surface area contributed by atoms with Crippen LogP contribution in [0.15, 0.2) is 109 Å². The van der Waals surface area contributed by atoms with Gasteiger partial charge in [0.05, 0.1) is 0 Å². The number of carbonyl (C=O) groups is 3.